The molecule has 2 bridgehead atoms. The summed E-state index contributed by atoms with van der Waals surface area (Å²) in [5.41, 5.74) is -1.49. The summed E-state index contributed by atoms with van der Waals surface area (Å²) in [5.74, 6) is -0.382. The third-order valence-corrected chi connectivity index (χ3v) is 3.59. The van der Waals surface area contributed by atoms with Crippen LogP contribution in [0.1, 0.15) is 46.5 Å². The Morgan fingerprint density at radius 1 is 1.29 bits per heavy atom. The van der Waals surface area contributed by atoms with Crippen LogP contribution in [0.2, 0.25) is 0 Å². The van der Waals surface area contributed by atoms with Gasteiger partial charge in [-0.05, 0) is 46.5 Å². The Bertz CT molecular complexity index is 350. The van der Waals surface area contributed by atoms with Gasteiger partial charge >= 0.3 is 12.1 Å². The molecule has 17 heavy (non-hydrogen) atoms. The van der Waals surface area contributed by atoms with E-state index in [0.717, 1.165) is 12.8 Å². The van der Waals surface area contributed by atoms with Crippen LogP contribution in [-0.4, -0.2) is 39.3 Å². The van der Waals surface area contributed by atoms with Crippen molar-refractivity contribution >= 4 is 12.1 Å². The quantitative estimate of drug-likeness (QED) is 0.713. The van der Waals surface area contributed by atoms with E-state index in [2.05, 4.69) is 0 Å². The van der Waals surface area contributed by atoms with Crippen molar-refractivity contribution in [2.45, 2.75) is 63.6 Å². The summed E-state index contributed by atoms with van der Waals surface area (Å²) < 4.78 is 5.38. The predicted molar refractivity (Wildman–Crippen MR) is 60.7 cm³/mol. The maximum absolute atomic E-state index is 12.2. The van der Waals surface area contributed by atoms with E-state index in [1.807, 2.05) is 0 Å². The van der Waals surface area contributed by atoms with Crippen molar-refractivity contribution in [2.24, 2.45) is 0 Å². The average Bonchev–Trinajstić information content (AvgIpc) is 2.70. The summed E-state index contributed by atoms with van der Waals surface area (Å²) in [5, 5.41) is 9.22. The molecule has 2 aliphatic heterocycles. The fraction of sp³-hybridized carbons (Fsp3) is 0.833. The number of ether oxygens (including phenoxy) is 1. The lowest BCUT2D eigenvalue weighted by Gasteiger charge is -2.33. The topological polar surface area (TPSA) is 66.8 Å². The van der Waals surface area contributed by atoms with Gasteiger partial charge in [0, 0.05) is 6.04 Å². The van der Waals surface area contributed by atoms with Gasteiger partial charge in [-0.15, -0.1) is 0 Å². The summed E-state index contributed by atoms with van der Waals surface area (Å²) >= 11 is 0. The molecule has 0 radical (unpaired) electrons. The van der Waals surface area contributed by atoms with E-state index in [9.17, 15) is 14.7 Å². The Balaban J connectivity index is 2.23. The number of nitrogens with zero attached hydrogens (tertiary/aromatic N) is 1. The number of amides is 1. The minimum absolute atomic E-state index is 0.0000170. The van der Waals surface area contributed by atoms with Crippen molar-refractivity contribution in [3.05, 3.63) is 0 Å². The highest BCUT2D eigenvalue weighted by Crippen LogP contribution is 2.47. The van der Waals surface area contributed by atoms with Crippen LogP contribution < -0.4 is 0 Å². The largest absolute Gasteiger partial charge is 0.465 e. The molecule has 2 saturated heterocycles. The normalized spacial score (nSPS) is 31.7. The van der Waals surface area contributed by atoms with Crippen LogP contribution in [0.5, 0.6) is 0 Å². The van der Waals surface area contributed by atoms with Crippen LogP contribution in [-0.2, 0) is 9.53 Å². The molecule has 0 spiro atoms. The SMILES string of the molecule is CC(C)(C)OC(=O)C12CCC(CC1)N2C(=O)O. The van der Waals surface area contributed by atoms with Gasteiger partial charge in [-0.2, -0.15) is 0 Å². The smallest absolute Gasteiger partial charge is 0.408 e. The first-order valence-corrected chi connectivity index (χ1v) is 6.02. The second-order valence-electron chi connectivity index (χ2n) is 5.92. The van der Waals surface area contributed by atoms with Gasteiger partial charge in [-0.1, -0.05) is 0 Å². The molecule has 0 aromatic rings. The van der Waals surface area contributed by atoms with E-state index in [0.29, 0.717) is 12.8 Å². The molecule has 1 N–H and O–H groups in total. The first-order valence-electron chi connectivity index (χ1n) is 6.02. The summed E-state index contributed by atoms with van der Waals surface area (Å²) in [6.45, 7) is 5.40. The van der Waals surface area contributed by atoms with Crippen LogP contribution in [0.25, 0.3) is 0 Å². The monoisotopic (exact) mass is 241 g/mol. The van der Waals surface area contributed by atoms with E-state index in [4.69, 9.17) is 4.74 Å². The maximum Gasteiger partial charge on any atom is 0.408 e. The van der Waals surface area contributed by atoms with E-state index in [-0.39, 0.29) is 12.0 Å². The van der Waals surface area contributed by atoms with Gasteiger partial charge in [0.15, 0.2) is 0 Å². The lowest BCUT2D eigenvalue weighted by Crippen LogP contribution is -2.52. The van der Waals surface area contributed by atoms with Gasteiger partial charge in [-0.25, -0.2) is 9.59 Å². The molecule has 2 fully saturated rings. The zero-order valence-electron chi connectivity index (χ0n) is 10.5. The highest BCUT2D eigenvalue weighted by molar-refractivity contribution is 5.87. The molecule has 0 aliphatic carbocycles. The summed E-state index contributed by atoms with van der Waals surface area (Å²) in [7, 11) is 0. The molecule has 2 heterocycles. The number of rotatable bonds is 1. The molecular formula is C12H19NO4. The zero-order chi connectivity index (χ0) is 12.8. The lowest BCUT2D eigenvalue weighted by molar-refractivity contribution is -0.166. The van der Waals surface area contributed by atoms with Gasteiger partial charge in [0.05, 0.1) is 0 Å². The lowest BCUT2D eigenvalue weighted by atomic mass is 9.87. The number of esters is 1. The van der Waals surface area contributed by atoms with Crippen molar-refractivity contribution in [1.82, 2.24) is 4.90 Å². The standard InChI is InChI=1S/C12H19NO4/c1-11(2,3)17-9(14)12-6-4-8(5-7-12)13(12)10(15)16/h8H,4-7H2,1-3H3,(H,15,16). The highest BCUT2D eigenvalue weighted by Gasteiger charge is 2.60. The molecule has 5 nitrogen and oxygen atoms in total. The van der Waals surface area contributed by atoms with E-state index in [1.54, 1.807) is 20.8 Å². The number of carboxylic acid groups (broad SMARTS) is 1. The van der Waals surface area contributed by atoms with E-state index in [1.165, 1.54) is 4.90 Å². The van der Waals surface area contributed by atoms with Gasteiger partial charge in [0.1, 0.15) is 11.1 Å². The molecule has 2 aliphatic rings. The minimum Gasteiger partial charge on any atom is -0.465 e. The molecule has 96 valence electrons. The number of fused-ring (bicyclic) bond motifs is 2. The van der Waals surface area contributed by atoms with Gasteiger partial charge in [-0.3, -0.25) is 4.90 Å². The fourth-order valence-corrected chi connectivity index (χ4v) is 2.94. The zero-order valence-corrected chi connectivity index (χ0v) is 10.5. The van der Waals surface area contributed by atoms with Crippen molar-refractivity contribution in [2.75, 3.05) is 0 Å². The minimum atomic E-state index is -1.00. The van der Waals surface area contributed by atoms with Crippen molar-refractivity contribution in [3.8, 4) is 0 Å². The first-order chi connectivity index (χ1) is 7.76. The first kappa shape index (κ1) is 12.2. The Morgan fingerprint density at radius 3 is 2.24 bits per heavy atom. The fourth-order valence-electron chi connectivity index (χ4n) is 2.94. The molecular weight excluding hydrogens is 222 g/mol. The molecule has 0 saturated carbocycles. The second-order valence-corrected chi connectivity index (χ2v) is 5.92. The maximum atomic E-state index is 12.2. The molecule has 0 atom stereocenters. The second kappa shape index (κ2) is 3.62. The number of carbonyl (C=O) groups excluding carboxylic acids is 1. The van der Waals surface area contributed by atoms with E-state index < -0.39 is 17.2 Å². The number of hydrogen-bond donors (Lipinski definition) is 1. The number of carbonyl (C=O) groups is 2. The number of hydrogen-bond acceptors (Lipinski definition) is 3. The van der Waals surface area contributed by atoms with Crippen LogP contribution in [0.4, 0.5) is 4.79 Å². The predicted octanol–water partition coefficient (Wildman–Crippen LogP) is 2.00. The van der Waals surface area contributed by atoms with Gasteiger partial charge in [0.25, 0.3) is 0 Å². The van der Waals surface area contributed by atoms with Crippen molar-refractivity contribution in [1.29, 1.82) is 0 Å². The highest BCUT2D eigenvalue weighted by atomic mass is 16.6. The summed E-state index contributed by atoms with van der Waals surface area (Å²) in [6, 6.07) is 0.0000170. The Labute approximate surface area is 101 Å². The van der Waals surface area contributed by atoms with Crippen LogP contribution in [0.3, 0.4) is 0 Å². The van der Waals surface area contributed by atoms with Crippen molar-refractivity contribution < 1.29 is 19.4 Å². The Hall–Kier alpha value is -1.26. The van der Waals surface area contributed by atoms with E-state index >= 15 is 0 Å². The molecule has 5 heteroatoms. The average molecular weight is 241 g/mol. The molecule has 0 aromatic carbocycles. The molecule has 1 amide bonds. The van der Waals surface area contributed by atoms with Crippen molar-refractivity contribution in [3.63, 3.8) is 0 Å². The Morgan fingerprint density at radius 2 is 1.82 bits per heavy atom. The molecule has 2 rings (SSSR count). The third-order valence-electron chi connectivity index (χ3n) is 3.59. The van der Waals surface area contributed by atoms with Gasteiger partial charge in [0.2, 0.25) is 0 Å². The van der Waals surface area contributed by atoms with Gasteiger partial charge < -0.3 is 9.84 Å². The van der Waals surface area contributed by atoms with Crippen LogP contribution in [0.15, 0.2) is 0 Å². The summed E-state index contributed by atoms with van der Waals surface area (Å²) in [4.78, 5) is 24.8. The summed E-state index contributed by atoms with van der Waals surface area (Å²) in [6.07, 6.45) is 1.73. The molecule has 0 unspecified atom stereocenters. The van der Waals surface area contributed by atoms with Crippen LogP contribution >= 0.6 is 0 Å². The Kier molecular flexibility index (Phi) is 2.60. The third kappa shape index (κ3) is 1.87. The molecule has 0 aromatic heterocycles. The van der Waals surface area contributed by atoms with Crippen LogP contribution in [0, 0.1) is 0 Å².